The molecule has 4 nitrogen and oxygen atoms in total. The molecule has 1 aromatic heterocycles. The Balaban J connectivity index is 2.01. The predicted octanol–water partition coefficient (Wildman–Crippen LogP) is 2.12. The van der Waals surface area contributed by atoms with Crippen LogP contribution in [-0.2, 0) is 11.3 Å². The van der Waals surface area contributed by atoms with Gasteiger partial charge in [0.2, 0.25) is 0 Å². The first-order valence-electron chi connectivity index (χ1n) is 6.90. The third-order valence-corrected chi connectivity index (χ3v) is 2.86. The highest BCUT2D eigenvalue weighted by molar-refractivity contribution is 4.97. The average molecular weight is 254 g/mol. The fourth-order valence-corrected chi connectivity index (χ4v) is 1.78. The maximum atomic E-state index is 5.36. The third-order valence-electron chi connectivity index (χ3n) is 2.86. The maximum Gasteiger partial charge on any atom is 0.117 e. The van der Waals surface area contributed by atoms with E-state index in [0.717, 1.165) is 58.1 Å². The van der Waals surface area contributed by atoms with E-state index in [1.165, 1.54) is 0 Å². The highest BCUT2D eigenvalue weighted by Crippen LogP contribution is 2.04. The Hall–Kier alpha value is -0.840. The molecule has 0 aromatic carbocycles. The second-order valence-corrected chi connectivity index (χ2v) is 4.25. The van der Waals surface area contributed by atoms with Crippen LogP contribution in [0.3, 0.4) is 0 Å². The second kappa shape index (κ2) is 10.1. The molecule has 0 bridgehead atoms. The molecule has 0 unspecified atom stereocenters. The first-order valence-corrected chi connectivity index (χ1v) is 6.90. The number of nitrogens with zero attached hydrogens (tertiary/aromatic N) is 1. The number of rotatable bonds is 11. The Bertz CT molecular complexity index is 275. The number of hydrogen-bond donors (Lipinski definition) is 1. The minimum Gasteiger partial charge on any atom is -0.468 e. The topological polar surface area (TPSA) is 37.6 Å². The largest absolute Gasteiger partial charge is 0.468 e. The molecule has 0 saturated heterocycles. The van der Waals surface area contributed by atoms with Crippen LogP contribution >= 0.6 is 0 Å². The van der Waals surface area contributed by atoms with E-state index in [-0.39, 0.29) is 0 Å². The molecule has 1 aromatic rings. The second-order valence-electron chi connectivity index (χ2n) is 4.25. The minimum atomic E-state index is 0.812. The van der Waals surface area contributed by atoms with Crippen molar-refractivity contribution < 1.29 is 9.15 Å². The first-order chi connectivity index (χ1) is 8.86. The molecule has 1 N–H and O–H groups in total. The van der Waals surface area contributed by atoms with Gasteiger partial charge in [-0.05, 0) is 38.6 Å². The van der Waals surface area contributed by atoms with Crippen LogP contribution in [0, 0.1) is 0 Å². The van der Waals surface area contributed by atoms with E-state index in [2.05, 4.69) is 17.1 Å². The van der Waals surface area contributed by atoms with Crippen molar-refractivity contribution in [2.75, 3.05) is 39.4 Å². The van der Waals surface area contributed by atoms with E-state index >= 15 is 0 Å². The van der Waals surface area contributed by atoms with Crippen LogP contribution in [0.5, 0.6) is 0 Å². The van der Waals surface area contributed by atoms with Gasteiger partial charge in [0.25, 0.3) is 0 Å². The zero-order valence-electron chi connectivity index (χ0n) is 11.7. The van der Waals surface area contributed by atoms with Crippen LogP contribution < -0.4 is 5.32 Å². The lowest BCUT2D eigenvalue weighted by molar-refractivity contribution is 0.144. The lowest BCUT2D eigenvalue weighted by Gasteiger charge is -2.19. The Morgan fingerprint density at radius 1 is 1.33 bits per heavy atom. The first kappa shape index (κ1) is 15.2. The Labute approximate surface area is 110 Å². The summed E-state index contributed by atoms with van der Waals surface area (Å²) in [7, 11) is 0. The van der Waals surface area contributed by atoms with Gasteiger partial charge in [0.05, 0.1) is 12.8 Å². The summed E-state index contributed by atoms with van der Waals surface area (Å²) in [6, 6.07) is 3.97. The van der Waals surface area contributed by atoms with Crippen molar-refractivity contribution in [1.29, 1.82) is 0 Å². The third kappa shape index (κ3) is 6.79. The summed E-state index contributed by atoms with van der Waals surface area (Å²) in [5.41, 5.74) is 0. The standard InChI is InChI=1S/C14H26N2O2/c1-3-16(13-14-7-5-12-18-14)10-9-15-8-6-11-17-4-2/h5,7,12,15H,3-4,6,8-11,13H2,1-2H3. The molecule has 0 fully saturated rings. The molecule has 0 aliphatic carbocycles. The van der Waals surface area contributed by atoms with E-state index in [1.807, 2.05) is 19.1 Å². The van der Waals surface area contributed by atoms with Gasteiger partial charge in [0.1, 0.15) is 5.76 Å². The molecule has 0 aliphatic rings. The van der Waals surface area contributed by atoms with Gasteiger partial charge in [-0.3, -0.25) is 4.90 Å². The lowest BCUT2D eigenvalue weighted by atomic mass is 10.3. The van der Waals surface area contributed by atoms with Crippen LogP contribution in [0.4, 0.5) is 0 Å². The summed E-state index contributed by atoms with van der Waals surface area (Å²) in [4.78, 5) is 2.37. The van der Waals surface area contributed by atoms with Gasteiger partial charge in [-0.2, -0.15) is 0 Å². The fraction of sp³-hybridized carbons (Fsp3) is 0.714. The molecule has 4 heteroatoms. The fourth-order valence-electron chi connectivity index (χ4n) is 1.78. The van der Waals surface area contributed by atoms with Crippen molar-refractivity contribution in [2.45, 2.75) is 26.8 Å². The molecule has 0 aliphatic heterocycles. The number of ether oxygens (including phenoxy) is 1. The summed E-state index contributed by atoms with van der Waals surface area (Å²) in [6.45, 7) is 10.9. The van der Waals surface area contributed by atoms with Crippen molar-refractivity contribution in [1.82, 2.24) is 10.2 Å². The number of hydrogen-bond acceptors (Lipinski definition) is 4. The summed E-state index contributed by atoms with van der Waals surface area (Å²) in [6.07, 6.45) is 2.81. The van der Waals surface area contributed by atoms with Crippen LogP contribution in [0.15, 0.2) is 22.8 Å². The molecule has 0 amide bonds. The average Bonchev–Trinajstić information content (AvgIpc) is 2.89. The number of nitrogens with one attached hydrogen (secondary N) is 1. The smallest absolute Gasteiger partial charge is 0.117 e. The van der Waals surface area contributed by atoms with Gasteiger partial charge in [-0.15, -0.1) is 0 Å². The SMILES string of the molecule is CCOCCCNCCN(CC)Cc1ccco1. The summed E-state index contributed by atoms with van der Waals surface area (Å²) < 4.78 is 10.6. The highest BCUT2D eigenvalue weighted by Gasteiger charge is 2.04. The predicted molar refractivity (Wildman–Crippen MR) is 73.6 cm³/mol. The molecule has 0 spiro atoms. The number of furan rings is 1. The van der Waals surface area contributed by atoms with Gasteiger partial charge >= 0.3 is 0 Å². The molecule has 0 radical (unpaired) electrons. The van der Waals surface area contributed by atoms with Crippen molar-refractivity contribution in [2.24, 2.45) is 0 Å². The van der Waals surface area contributed by atoms with Gasteiger partial charge < -0.3 is 14.5 Å². The van der Waals surface area contributed by atoms with Gasteiger partial charge in [-0.25, -0.2) is 0 Å². The van der Waals surface area contributed by atoms with E-state index in [9.17, 15) is 0 Å². The molecule has 18 heavy (non-hydrogen) atoms. The van der Waals surface area contributed by atoms with Gasteiger partial charge in [0, 0.05) is 26.3 Å². The maximum absolute atomic E-state index is 5.36. The highest BCUT2D eigenvalue weighted by atomic mass is 16.5. The summed E-state index contributed by atoms with van der Waals surface area (Å²) in [5.74, 6) is 1.04. The van der Waals surface area contributed by atoms with E-state index < -0.39 is 0 Å². The van der Waals surface area contributed by atoms with Gasteiger partial charge in [0.15, 0.2) is 0 Å². The summed E-state index contributed by atoms with van der Waals surface area (Å²) in [5, 5.41) is 3.44. The normalized spacial score (nSPS) is 11.3. The Morgan fingerprint density at radius 2 is 2.22 bits per heavy atom. The van der Waals surface area contributed by atoms with Crippen LogP contribution in [0.2, 0.25) is 0 Å². The van der Waals surface area contributed by atoms with Crippen molar-refractivity contribution in [3.8, 4) is 0 Å². The molecule has 0 saturated carbocycles. The van der Waals surface area contributed by atoms with E-state index in [4.69, 9.17) is 9.15 Å². The van der Waals surface area contributed by atoms with Crippen molar-refractivity contribution in [3.05, 3.63) is 24.2 Å². The molecule has 0 atom stereocenters. The van der Waals surface area contributed by atoms with E-state index in [1.54, 1.807) is 6.26 Å². The Morgan fingerprint density at radius 3 is 2.89 bits per heavy atom. The molecule has 1 rings (SSSR count). The lowest BCUT2D eigenvalue weighted by Crippen LogP contribution is -2.32. The van der Waals surface area contributed by atoms with Crippen molar-refractivity contribution >= 4 is 0 Å². The number of likely N-dealkylation sites (N-methyl/N-ethyl adjacent to an activating group) is 1. The monoisotopic (exact) mass is 254 g/mol. The van der Waals surface area contributed by atoms with E-state index in [0.29, 0.717) is 0 Å². The van der Waals surface area contributed by atoms with Crippen LogP contribution in [0.25, 0.3) is 0 Å². The minimum absolute atomic E-state index is 0.812. The zero-order valence-corrected chi connectivity index (χ0v) is 11.7. The molecular weight excluding hydrogens is 228 g/mol. The molecule has 104 valence electrons. The van der Waals surface area contributed by atoms with Gasteiger partial charge in [-0.1, -0.05) is 6.92 Å². The summed E-state index contributed by atoms with van der Waals surface area (Å²) >= 11 is 0. The van der Waals surface area contributed by atoms with Crippen molar-refractivity contribution in [3.63, 3.8) is 0 Å². The Kier molecular flexibility index (Phi) is 8.55. The van der Waals surface area contributed by atoms with Crippen LogP contribution in [-0.4, -0.2) is 44.3 Å². The molecular formula is C14H26N2O2. The quantitative estimate of drug-likeness (QED) is 0.614. The van der Waals surface area contributed by atoms with Crippen LogP contribution in [0.1, 0.15) is 26.0 Å². The molecule has 1 heterocycles. The zero-order chi connectivity index (χ0) is 13.1.